The average Bonchev–Trinajstić information content (AvgIpc) is 2.55. The summed E-state index contributed by atoms with van der Waals surface area (Å²) in [5, 5.41) is 10.00. The molecule has 2 rings (SSSR count). The lowest BCUT2D eigenvalue weighted by Gasteiger charge is -2.12. The fourth-order valence-corrected chi connectivity index (χ4v) is 1.98. The molecule has 3 N–H and O–H groups in total. The number of fused-ring (bicyclic) bond motifs is 1. The van der Waals surface area contributed by atoms with Gasteiger partial charge in [-0.25, -0.2) is 4.79 Å². The minimum Gasteiger partial charge on any atom is -0.477 e. The number of carboxylic acid groups (broad SMARTS) is 1. The molecule has 0 aliphatic rings. The monoisotopic (exact) mass is 218 g/mol. The smallest absolute Gasteiger partial charge is 0.352 e. The molecule has 2 aromatic rings. The predicted molar refractivity (Wildman–Crippen MR) is 63.7 cm³/mol. The van der Waals surface area contributed by atoms with Crippen LogP contribution in [-0.2, 0) is 0 Å². The Labute approximate surface area is 93.3 Å². The molecular weight excluding hydrogens is 204 g/mol. The molecule has 84 valence electrons. The molecule has 0 atom stereocenters. The first kappa shape index (κ1) is 10.5. The van der Waals surface area contributed by atoms with Crippen LogP contribution in [0.15, 0.2) is 24.3 Å². The molecule has 0 aliphatic heterocycles. The van der Waals surface area contributed by atoms with Crippen LogP contribution in [0, 0.1) is 0 Å². The number of benzene rings is 1. The SMILES string of the molecule is CC(C)n1c(C(=O)O)cc2cc(N)ccc21. The van der Waals surface area contributed by atoms with Crippen LogP contribution < -0.4 is 5.73 Å². The molecule has 0 aliphatic carbocycles. The number of carbonyl (C=O) groups is 1. The van der Waals surface area contributed by atoms with Crippen molar-refractivity contribution in [3.05, 3.63) is 30.0 Å². The molecule has 0 fully saturated rings. The normalized spacial score (nSPS) is 11.2. The second kappa shape index (κ2) is 3.56. The molecule has 1 heterocycles. The molecule has 16 heavy (non-hydrogen) atoms. The third-order valence-corrected chi connectivity index (χ3v) is 2.60. The first-order chi connectivity index (χ1) is 7.50. The molecule has 0 spiro atoms. The lowest BCUT2D eigenvalue weighted by atomic mass is 10.2. The molecule has 4 nitrogen and oxygen atoms in total. The quantitative estimate of drug-likeness (QED) is 0.761. The van der Waals surface area contributed by atoms with E-state index in [0.717, 1.165) is 10.9 Å². The van der Waals surface area contributed by atoms with Crippen molar-refractivity contribution >= 4 is 22.6 Å². The fourth-order valence-electron chi connectivity index (χ4n) is 1.98. The van der Waals surface area contributed by atoms with Crippen LogP contribution in [-0.4, -0.2) is 15.6 Å². The number of nitrogens with zero attached hydrogens (tertiary/aromatic N) is 1. The maximum atomic E-state index is 11.1. The van der Waals surface area contributed by atoms with Crippen LogP contribution in [0.5, 0.6) is 0 Å². The first-order valence-electron chi connectivity index (χ1n) is 5.14. The topological polar surface area (TPSA) is 68.2 Å². The second-order valence-electron chi connectivity index (χ2n) is 4.12. The lowest BCUT2D eigenvalue weighted by molar-refractivity contribution is 0.0684. The standard InChI is InChI=1S/C12H14N2O2/c1-7(2)14-10-4-3-9(13)5-8(10)6-11(14)12(15)16/h3-7H,13H2,1-2H3,(H,15,16). The van der Waals surface area contributed by atoms with E-state index in [9.17, 15) is 4.79 Å². The summed E-state index contributed by atoms with van der Waals surface area (Å²) in [5.74, 6) is -0.913. The van der Waals surface area contributed by atoms with Gasteiger partial charge in [-0.3, -0.25) is 0 Å². The molecular formula is C12H14N2O2. The Morgan fingerprint density at radius 2 is 2.06 bits per heavy atom. The van der Waals surface area contributed by atoms with Gasteiger partial charge < -0.3 is 15.4 Å². The predicted octanol–water partition coefficient (Wildman–Crippen LogP) is 2.50. The van der Waals surface area contributed by atoms with Gasteiger partial charge in [0.15, 0.2) is 0 Å². The molecule has 0 radical (unpaired) electrons. The van der Waals surface area contributed by atoms with E-state index in [1.165, 1.54) is 0 Å². The summed E-state index contributed by atoms with van der Waals surface area (Å²) >= 11 is 0. The Morgan fingerprint density at radius 1 is 1.38 bits per heavy atom. The number of aromatic nitrogens is 1. The van der Waals surface area contributed by atoms with Crippen LogP contribution in [0.1, 0.15) is 30.4 Å². The number of hydrogen-bond acceptors (Lipinski definition) is 2. The summed E-state index contributed by atoms with van der Waals surface area (Å²) in [4.78, 5) is 11.1. The van der Waals surface area contributed by atoms with Gasteiger partial charge in [0.25, 0.3) is 0 Å². The lowest BCUT2D eigenvalue weighted by Crippen LogP contribution is -2.10. The minimum atomic E-state index is -0.913. The zero-order valence-corrected chi connectivity index (χ0v) is 9.27. The average molecular weight is 218 g/mol. The maximum absolute atomic E-state index is 11.1. The van der Waals surface area contributed by atoms with Crippen molar-refractivity contribution in [2.75, 3.05) is 5.73 Å². The van der Waals surface area contributed by atoms with Crippen LogP contribution >= 0.6 is 0 Å². The largest absolute Gasteiger partial charge is 0.477 e. The van der Waals surface area contributed by atoms with Crippen molar-refractivity contribution in [2.24, 2.45) is 0 Å². The van der Waals surface area contributed by atoms with Crippen molar-refractivity contribution in [3.8, 4) is 0 Å². The highest BCUT2D eigenvalue weighted by Crippen LogP contribution is 2.25. The number of rotatable bonds is 2. The van der Waals surface area contributed by atoms with Crippen LogP contribution in [0.3, 0.4) is 0 Å². The number of nitrogen functional groups attached to an aromatic ring is 1. The highest BCUT2D eigenvalue weighted by Gasteiger charge is 2.16. The summed E-state index contributed by atoms with van der Waals surface area (Å²) in [7, 11) is 0. The van der Waals surface area contributed by atoms with E-state index in [2.05, 4.69) is 0 Å². The molecule has 0 saturated heterocycles. The maximum Gasteiger partial charge on any atom is 0.352 e. The Bertz CT molecular complexity index is 555. The van der Waals surface area contributed by atoms with E-state index in [1.54, 1.807) is 22.8 Å². The van der Waals surface area contributed by atoms with Crippen molar-refractivity contribution < 1.29 is 9.90 Å². The molecule has 1 aromatic carbocycles. The van der Waals surface area contributed by atoms with Gasteiger partial charge in [0.2, 0.25) is 0 Å². The number of anilines is 1. The highest BCUT2D eigenvalue weighted by molar-refractivity contribution is 5.95. The van der Waals surface area contributed by atoms with Gasteiger partial charge in [0.05, 0.1) is 0 Å². The number of hydrogen-bond donors (Lipinski definition) is 2. The van der Waals surface area contributed by atoms with Crippen LogP contribution in [0.4, 0.5) is 5.69 Å². The van der Waals surface area contributed by atoms with Gasteiger partial charge in [-0.05, 0) is 38.1 Å². The summed E-state index contributed by atoms with van der Waals surface area (Å²) < 4.78 is 1.80. The second-order valence-corrected chi connectivity index (χ2v) is 4.12. The van der Waals surface area contributed by atoms with Crippen LogP contribution in [0.25, 0.3) is 10.9 Å². The Hall–Kier alpha value is -1.97. The summed E-state index contributed by atoms with van der Waals surface area (Å²) in [5.41, 5.74) is 7.53. The van der Waals surface area contributed by atoms with E-state index >= 15 is 0 Å². The summed E-state index contributed by atoms with van der Waals surface area (Å²) in [6.07, 6.45) is 0. The Morgan fingerprint density at radius 3 is 2.62 bits per heavy atom. The third-order valence-electron chi connectivity index (χ3n) is 2.60. The molecule has 0 saturated carbocycles. The van der Waals surface area contributed by atoms with Crippen molar-refractivity contribution in [3.63, 3.8) is 0 Å². The summed E-state index contributed by atoms with van der Waals surface area (Å²) in [6.45, 7) is 3.92. The number of nitrogens with two attached hydrogens (primary N) is 1. The van der Waals surface area contributed by atoms with Gasteiger partial charge in [-0.2, -0.15) is 0 Å². The van der Waals surface area contributed by atoms with E-state index in [0.29, 0.717) is 11.4 Å². The third kappa shape index (κ3) is 1.52. The van der Waals surface area contributed by atoms with Crippen LogP contribution in [0.2, 0.25) is 0 Å². The zero-order chi connectivity index (χ0) is 11.9. The summed E-state index contributed by atoms with van der Waals surface area (Å²) in [6, 6.07) is 7.20. The molecule has 0 amide bonds. The number of aromatic carboxylic acids is 1. The van der Waals surface area contributed by atoms with E-state index in [1.807, 2.05) is 19.9 Å². The zero-order valence-electron chi connectivity index (χ0n) is 9.27. The fraction of sp³-hybridized carbons (Fsp3) is 0.250. The molecule has 0 bridgehead atoms. The van der Waals surface area contributed by atoms with E-state index in [-0.39, 0.29) is 6.04 Å². The Balaban J connectivity index is 2.81. The minimum absolute atomic E-state index is 0.104. The molecule has 4 heteroatoms. The van der Waals surface area contributed by atoms with Gasteiger partial charge in [0.1, 0.15) is 5.69 Å². The first-order valence-corrected chi connectivity index (χ1v) is 5.14. The van der Waals surface area contributed by atoms with Gasteiger partial charge in [-0.1, -0.05) is 0 Å². The highest BCUT2D eigenvalue weighted by atomic mass is 16.4. The van der Waals surface area contributed by atoms with Crippen molar-refractivity contribution in [1.29, 1.82) is 0 Å². The Kier molecular flexibility index (Phi) is 2.34. The van der Waals surface area contributed by atoms with Gasteiger partial charge in [-0.15, -0.1) is 0 Å². The number of carboxylic acids is 1. The van der Waals surface area contributed by atoms with Gasteiger partial charge >= 0.3 is 5.97 Å². The van der Waals surface area contributed by atoms with Crippen molar-refractivity contribution in [2.45, 2.75) is 19.9 Å². The van der Waals surface area contributed by atoms with E-state index < -0.39 is 5.97 Å². The van der Waals surface area contributed by atoms with Gasteiger partial charge in [0, 0.05) is 22.6 Å². The molecule has 1 aromatic heterocycles. The van der Waals surface area contributed by atoms with Crippen molar-refractivity contribution in [1.82, 2.24) is 4.57 Å². The molecule has 0 unspecified atom stereocenters. The van der Waals surface area contributed by atoms with E-state index in [4.69, 9.17) is 10.8 Å².